The van der Waals surface area contributed by atoms with Gasteiger partial charge in [-0.3, -0.25) is 0 Å². The molecule has 0 aliphatic rings. The molecule has 0 aromatic rings. The number of hydrogen-bond donors (Lipinski definition) is 19. The minimum absolute atomic E-state index is 0.266. The number of esters is 4. The zero-order valence-corrected chi connectivity index (χ0v) is 43.6. The number of aliphatic hydroxyl groups is 14. The van der Waals surface area contributed by atoms with Crippen molar-refractivity contribution >= 4 is 53.7 Å². The van der Waals surface area contributed by atoms with Crippen LogP contribution < -0.4 is 0 Å². The molecule has 0 rings (SSSR count). The number of carbonyl (C=O) groups excluding carboxylic acids is 4. The molecule has 0 spiro atoms. The summed E-state index contributed by atoms with van der Waals surface area (Å²) in [5.41, 5.74) is -9.90. The number of carboxylic acids is 5. The Hall–Kier alpha value is -8.07. The van der Waals surface area contributed by atoms with Crippen molar-refractivity contribution in [3.05, 3.63) is 111 Å². The normalized spacial score (nSPS) is 16.2. The van der Waals surface area contributed by atoms with Gasteiger partial charge in [0, 0.05) is 42.5 Å². The molecule has 34 heteroatoms. The number of hydrogen-bond acceptors (Lipinski definition) is 29. The van der Waals surface area contributed by atoms with Crippen LogP contribution in [-0.2, 0) is 71.6 Å². The predicted molar refractivity (Wildman–Crippen MR) is 271 cm³/mol. The van der Waals surface area contributed by atoms with Crippen LogP contribution in [0.25, 0.3) is 0 Å². The molecule has 0 heterocycles. The maximum atomic E-state index is 12.4. The van der Waals surface area contributed by atoms with Gasteiger partial charge in [-0.15, -0.1) is 0 Å². The van der Waals surface area contributed by atoms with Gasteiger partial charge in [-0.25, -0.2) is 43.2 Å². The van der Waals surface area contributed by atoms with Crippen LogP contribution in [0, 0.1) is 10.8 Å². The zero-order valence-electron chi connectivity index (χ0n) is 43.6. The highest BCUT2D eigenvalue weighted by Crippen LogP contribution is 2.50. The Morgan fingerprint density at radius 1 is 0.398 bits per heavy atom. The van der Waals surface area contributed by atoms with E-state index in [2.05, 4.69) is 24.5 Å². The van der Waals surface area contributed by atoms with E-state index >= 15 is 0 Å². The van der Waals surface area contributed by atoms with Crippen LogP contribution in [0.5, 0.6) is 0 Å². The average Bonchev–Trinajstić information content (AvgIpc) is 3.66. The average molecular weight is 1200 g/mol. The lowest BCUT2D eigenvalue weighted by molar-refractivity contribution is -0.187. The van der Waals surface area contributed by atoms with Gasteiger partial charge in [0.15, 0.2) is 23.4 Å². The van der Waals surface area contributed by atoms with Crippen molar-refractivity contribution in [3.63, 3.8) is 0 Å². The van der Waals surface area contributed by atoms with Crippen molar-refractivity contribution < 1.29 is 169 Å². The van der Waals surface area contributed by atoms with Gasteiger partial charge in [-0.2, -0.15) is 0 Å². The standard InChI is InChI=1S/C29H36O21.C15H20O9.C5H12O4/c30-13-17(33)25(46)26(47)18(34)14-48-24(45)6-12-50-29(9-3-21(39)40,10-4-22(41)42)27(15-31,16-32)28(7-1-19(35)36,8-2-20(37)38)49-11-5-23(43)44;1-4-11(18)22-8-10(23-12(19)5-2)15(24-13(20)6-3)14(21)9(17)7-16;6-1-5(2-7,3-8)4-9/h1-12,17-18,25-26,30-34,46-47H,13-16H2,(H,35,36)(H,37,38)(H,39,40)(H,41,42)(H,43,44);4-6,9-10,14-17,21H,1-3,7-8H2;6-9H,1-4H2/t17-,18+,25-,26-,28?,29?;9-,10+,14-,15-;/m11./s1. The maximum Gasteiger partial charge on any atom is 0.333 e. The molecule has 19 N–H and O–H groups in total. The largest absolute Gasteiger partial charge is 0.485 e. The van der Waals surface area contributed by atoms with Crippen molar-refractivity contribution in [3.8, 4) is 0 Å². The summed E-state index contributed by atoms with van der Waals surface area (Å²) in [7, 11) is 0. The van der Waals surface area contributed by atoms with E-state index in [0.29, 0.717) is 49.0 Å². The molecule has 83 heavy (non-hydrogen) atoms. The molecule has 0 amide bonds. The van der Waals surface area contributed by atoms with Gasteiger partial charge < -0.3 is 125 Å². The first-order chi connectivity index (χ1) is 38.8. The lowest BCUT2D eigenvalue weighted by atomic mass is 9.60. The fraction of sp³-hybridized carbons (Fsp3) is 0.449. The molecule has 0 aliphatic heterocycles. The van der Waals surface area contributed by atoms with Gasteiger partial charge >= 0.3 is 53.7 Å². The SMILES string of the molecule is C=CC(=O)OC[C@H](OC(=O)C=C)[C@@H](OC(=O)C=C)[C@H](O)[C@H](O)CO.O=C(O)C=COC(C=CC(=O)O)(C=CC(=O)O)C(CO)(CO)C(C=CC(=O)O)(C=CC(=O)O)OC=CC(=O)OC[C@H](O)[C@@H](O)[C@H](O)[C@H](O)CO.OCC(CO)(CO)CO. The summed E-state index contributed by atoms with van der Waals surface area (Å²) in [6, 6.07) is 0. The molecule has 0 fully saturated rings. The number of carbonyl (C=O) groups is 9. The molecule has 0 aromatic heterocycles. The monoisotopic (exact) mass is 1200 g/mol. The summed E-state index contributed by atoms with van der Waals surface area (Å²) >= 11 is 0. The van der Waals surface area contributed by atoms with Crippen molar-refractivity contribution in [2.45, 2.75) is 60.0 Å². The fourth-order valence-electron chi connectivity index (χ4n) is 5.84. The third kappa shape index (κ3) is 27.5. The van der Waals surface area contributed by atoms with Crippen molar-refractivity contribution in [2.75, 3.05) is 66.1 Å². The third-order valence-corrected chi connectivity index (χ3v) is 10.6. The van der Waals surface area contributed by atoms with E-state index in [1.807, 2.05) is 0 Å². The van der Waals surface area contributed by atoms with Crippen LogP contribution in [0.4, 0.5) is 0 Å². The quantitative estimate of drug-likeness (QED) is 0.0118. The Morgan fingerprint density at radius 2 is 0.735 bits per heavy atom. The van der Waals surface area contributed by atoms with Gasteiger partial charge in [-0.05, 0) is 24.3 Å². The van der Waals surface area contributed by atoms with Crippen LogP contribution in [0.15, 0.2) is 111 Å². The van der Waals surface area contributed by atoms with E-state index in [-0.39, 0.29) is 24.3 Å². The van der Waals surface area contributed by atoms with Crippen molar-refractivity contribution in [2.24, 2.45) is 10.8 Å². The molecular weight excluding hydrogens is 1130 g/mol. The lowest BCUT2D eigenvalue weighted by Crippen LogP contribution is -2.64. The molecule has 0 unspecified atom stereocenters. The number of rotatable bonds is 39. The van der Waals surface area contributed by atoms with Gasteiger partial charge in [0.2, 0.25) is 0 Å². The van der Waals surface area contributed by atoms with Gasteiger partial charge in [-0.1, -0.05) is 19.7 Å². The lowest BCUT2D eigenvalue weighted by Gasteiger charge is -2.52. The van der Waals surface area contributed by atoms with Crippen LogP contribution in [-0.4, -0.2) is 277 Å². The highest BCUT2D eigenvalue weighted by molar-refractivity contribution is 5.85. The van der Waals surface area contributed by atoms with Crippen LogP contribution in [0.1, 0.15) is 0 Å². The first-order valence-electron chi connectivity index (χ1n) is 23.0. The molecule has 8 atom stereocenters. The number of aliphatic carboxylic acids is 5. The van der Waals surface area contributed by atoms with E-state index in [1.165, 1.54) is 0 Å². The third-order valence-electron chi connectivity index (χ3n) is 10.6. The molecular formula is C49H68O34. The first-order valence-corrected chi connectivity index (χ1v) is 23.0. The minimum atomic E-state index is -2.95. The molecule has 0 radical (unpaired) electrons. The van der Waals surface area contributed by atoms with Crippen LogP contribution in [0.2, 0.25) is 0 Å². The van der Waals surface area contributed by atoms with E-state index < -0.39 is 191 Å². The molecule has 0 aromatic carbocycles. The summed E-state index contributed by atoms with van der Waals surface area (Å²) in [5.74, 6) is -13.0. The van der Waals surface area contributed by atoms with Gasteiger partial charge in [0.05, 0.1) is 82.9 Å². The van der Waals surface area contributed by atoms with Crippen LogP contribution in [0.3, 0.4) is 0 Å². The highest BCUT2D eigenvalue weighted by Gasteiger charge is 2.63. The summed E-state index contributed by atoms with van der Waals surface area (Å²) in [6.45, 7) is 1.24. The summed E-state index contributed by atoms with van der Waals surface area (Å²) in [6.07, 6.45) is -8.12. The Balaban J connectivity index is -0.00000159. The van der Waals surface area contributed by atoms with E-state index in [0.717, 1.165) is 18.2 Å². The van der Waals surface area contributed by atoms with Crippen molar-refractivity contribution in [1.82, 2.24) is 0 Å². The second kappa shape index (κ2) is 41.0. The molecule has 468 valence electrons. The predicted octanol–water partition coefficient (Wildman–Crippen LogP) is -7.31. The number of aliphatic hydroxyl groups excluding tert-OH is 14. The number of ether oxygens (including phenoxy) is 6. The topological polar surface area (TPSA) is 593 Å². The van der Waals surface area contributed by atoms with Crippen LogP contribution >= 0.6 is 0 Å². The molecule has 0 aliphatic carbocycles. The highest BCUT2D eigenvalue weighted by atomic mass is 16.6. The van der Waals surface area contributed by atoms with Gasteiger partial charge in [0.25, 0.3) is 0 Å². The number of carboxylic acid groups (broad SMARTS) is 5. The first kappa shape index (κ1) is 79.2. The Morgan fingerprint density at radius 3 is 1.06 bits per heavy atom. The summed E-state index contributed by atoms with van der Waals surface area (Å²) in [5, 5.41) is 178. The fourth-order valence-corrected chi connectivity index (χ4v) is 5.84. The van der Waals surface area contributed by atoms with E-state index in [4.69, 9.17) is 59.4 Å². The van der Waals surface area contributed by atoms with Gasteiger partial charge in [0.1, 0.15) is 55.3 Å². The molecule has 34 nitrogen and oxygen atoms in total. The van der Waals surface area contributed by atoms with E-state index in [1.54, 1.807) is 0 Å². The van der Waals surface area contributed by atoms with E-state index in [9.17, 15) is 104 Å². The summed E-state index contributed by atoms with van der Waals surface area (Å²) in [4.78, 5) is 104. The maximum absolute atomic E-state index is 12.4. The van der Waals surface area contributed by atoms with Crippen molar-refractivity contribution in [1.29, 1.82) is 0 Å². The Kier molecular flexibility index (Phi) is 39.1. The Bertz CT molecular complexity index is 2220. The minimum Gasteiger partial charge on any atom is -0.485 e. The molecule has 0 saturated carbocycles. The zero-order chi connectivity index (χ0) is 64.7. The molecule has 0 bridgehead atoms. The Labute approximate surface area is 469 Å². The molecule has 0 saturated heterocycles. The second-order valence-corrected chi connectivity index (χ2v) is 16.3. The second-order valence-electron chi connectivity index (χ2n) is 16.3. The summed E-state index contributed by atoms with van der Waals surface area (Å²) < 4.78 is 30.1. The smallest absolute Gasteiger partial charge is 0.333 e.